The van der Waals surface area contributed by atoms with Crippen LogP contribution in [0.25, 0.3) is 22.3 Å². The summed E-state index contributed by atoms with van der Waals surface area (Å²) in [5.74, 6) is -0.0471. The van der Waals surface area contributed by atoms with Crippen LogP contribution in [-0.2, 0) is 11.3 Å². The first kappa shape index (κ1) is 23.9. The van der Waals surface area contributed by atoms with E-state index in [-0.39, 0.29) is 11.9 Å². The summed E-state index contributed by atoms with van der Waals surface area (Å²) in [6, 6.07) is 11.0. The van der Waals surface area contributed by atoms with Gasteiger partial charge in [-0.15, -0.1) is 0 Å². The van der Waals surface area contributed by atoms with E-state index >= 15 is 0 Å². The summed E-state index contributed by atoms with van der Waals surface area (Å²) < 4.78 is 7.50. The van der Waals surface area contributed by atoms with Crippen LogP contribution in [0.4, 0.5) is 0 Å². The van der Waals surface area contributed by atoms with Crippen LogP contribution < -0.4 is 5.32 Å². The van der Waals surface area contributed by atoms with Crippen LogP contribution in [0.3, 0.4) is 0 Å². The molecule has 0 unspecified atom stereocenters. The van der Waals surface area contributed by atoms with Crippen molar-refractivity contribution in [3.05, 3.63) is 47.7 Å². The normalized spacial score (nSPS) is 17.1. The minimum absolute atomic E-state index is 0.0471. The highest BCUT2D eigenvalue weighted by molar-refractivity contribution is 6.06. The monoisotopic (exact) mass is 475 g/mol. The van der Waals surface area contributed by atoms with Crippen LogP contribution >= 0.6 is 0 Å². The van der Waals surface area contributed by atoms with Gasteiger partial charge in [-0.25, -0.2) is 9.67 Å². The first-order chi connectivity index (χ1) is 17.1. The van der Waals surface area contributed by atoms with E-state index in [1.165, 1.54) is 24.8 Å². The number of carbonyl (C=O) groups is 1. The Morgan fingerprint density at radius 1 is 1.20 bits per heavy atom. The third kappa shape index (κ3) is 5.41. The summed E-state index contributed by atoms with van der Waals surface area (Å²) in [4.78, 5) is 20.9. The first-order valence-corrected chi connectivity index (χ1v) is 13.2. The second-order valence-corrected chi connectivity index (χ2v) is 10.1. The summed E-state index contributed by atoms with van der Waals surface area (Å²) in [7, 11) is 2.17. The van der Waals surface area contributed by atoms with Gasteiger partial charge in [0.05, 0.1) is 28.9 Å². The van der Waals surface area contributed by atoms with E-state index in [1.807, 2.05) is 16.9 Å². The van der Waals surface area contributed by atoms with Gasteiger partial charge in [0.2, 0.25) is 0 Å². The van der Waals surface area contributed by atoms with E-state index in [1.54, 1.807) is 0 Å². The van der Waals surface area contributed by atoms with Gasteiger partial charge in [0.1, 0.15) is 0 Å². The van der Waals surface area contributed by atoms with E-state index in [0.717, 1.165) is 61.1 Å². The van der Waals surface area contributed by atoms with Crippen LogP contribution in [0.2, 0.25) is 0 Å². The fraction of sp³-hybridized carbons (Fsp3) is 0.536. The Morgan fingerprint density at radius 3 is 2.77 bits per heavy atom. The number of hydrogen-bond acceptors (Lipinski definition) is 5. The molecule has 1 aliphatic heterocycles. The molecular weight excluding hydrogens is 438 g/mol. The highest BCUT2D eigenvalue weighted by atomic mass is 16.5. The minimum atomic E-state index is -0.0471. The van der Waals surface area contributed by atoms with Crippen molar-refractivity contribution >= 4 is 16.9 Å². The molecule has 1 amide bonds. The average molecular weight is 476 g/mol. The zero-order chi connectivity index (χ0) is 24.2. The molecule has 35 heavy (non-hydrogen) atoms. The minimum Gasteiger partial charge on any atom is -0.381 e. The van der Waals surface area contributed by atoms with E-state index in [9.17, 15) is 4.79 Å². The van der Waals surface area contributed by atoms with Gasteiger partial charge in [-0.2, -0.15) is 5.10 Å². The van der Waals surface area contributed by atoms with Crippen LogP contribution in [-0.4, -0.2) is 58.4 Å². The standard InChI is InChI=1S/C28H37N5O2/c1-3-4-13-32(2)19-20-7-5-8-21(16-20)26-17-24(28(34)30-22-11-14-35-15-12-22)25-18-29-33(27(25)31-26)23-9-6-10-23/h5,7-8,16-18,22-23H,3-4,6,9-15,19H2,1-2H3,(H,30,34). The van der Waals surface area contributed by atoms with Gasteiger partial charge >= 0.3 is 0 Å². The molecule has 3 aromatic rings. The molecule has 0 atom stereocenters. The Balaban J connectivity index is 1.49. The number of ether oxygens (including phenoxy) is 1. The van der Waals surface area contributed by atoms with Gasteiger partial charge in [0.15, 0.2) is 5.65 Å². The molecule has 7 heteroatoms. The zero-order valence-electron chi connectivity index (χ0n) is 21.0. The lowest BCUT2D eigenvalue weighted by Crippen LogP contribution is -2.39. The molecule has 1 saturated heterocycles. The molecule has 1 aliphatic carbocycles. The molecule has 186 valence electrons. The van der Waals surface area contributed by atoms with Crippen LogP contribution in [0.15, 0.2) is 36.5 Å². The summed E-state index contributed by atoms with van der Waals surface area (Å²) in [6.45, 7) is 5.59. The molecule has 2 aromatic heterocycles. The van der Waals surface area contributed by atoms with Crippen molar-refractivity contribution in [2.24, 2.45) is 0 Å². The van der Waals surface area contributed by atoms with Crippen molar-refractivity contribution in [1.82, 2.24) is 25.0 Å². The number of carbonyl (C=O) groups excluding carboxylic acids is 1. The molecule has 0 bridgehead atoms. The number of amides is 1. The first-order valence-electron chi connectivity index (χ1n) is 13.2. The lowest BCUT2D eigenvalue weighted by atomic mass is 9.93. The molecule has 5 rings (SSSR count). The SMILES string of the molecule is CCCCN(C)Cc1cccc(-c2cc(C(=O)NC3CCOCC3)c3cnn(C4CCC4)c3n2)c1. The van der Waals surface area contributed by atoms with Gasteiger partial charge in [0.25, 0.3) is 5.91 Å². The molecular formula is C28H37N5O2. The van der Waals surface area contributed by atoms with Crippen molar-refractivity contribution < 1.29 is 9.53 Å². The molecule has 3 heterocycles. The third-order valence-electron chi connectivity index (χ3n) is 7.36. The van der Waals surface area contributed by atoms with Gasteiger partial charge in [-0.05, 0) is 69.8 Å². The Kier molecular flexibility index (Phi) is 7.44. The zero-order valence-corrected chi connectivity index (χ0v) is 21.0. The van der Waals surface area contributed by atoms with Crippen molar-refractivity contribution in [3.63, 3.8) is 0 Å². The second kappa shape index (κ2) is 10.9. The van der Waals surface area contributed by atoms with Gasteiger partial charge in [-0.3, -0.25) is 4.79 Å². The number of nitrogens with one attached hydrogen (secondary N) is 1. The third-order valence-corrected chi connectivity index (χ3v) is 7.36. The summed E-state index contributed by atoms with van der Waals surface area (Å²) in [5, 5.41) is 8.75. The van der Waals surface area contributed by atoms with E-state index in [0.29, 0.717) is 24.8 Å². The van der Waals surface area contributed by atoms with Crippen LogP contribution in [0, 0.1) is 0 Å². The molecule has 0 radical (unpaired) electrons. The molecule has 7 nitrogen and oxygen atoms in total. The Labute approximate surface area is 207 Å². The molecule has 1 aromatic carbocycles. The predicted octanol–water partition coefficient (Wildman–Crippen LogP) is 4.96. The van der Waals surface area contributed by atoms with Crippen molar-refractivity contribution in [2.75, 3.05) is 26.8 Å². The van der Waals surface area contributed by atoms with Gasteiger partial charge in [0, 0.05) is 31.4 Å². The van der Waals surface area contributed by atoms with Gasteiger partial charge < -0.3 is 15.0 Å². The lowest BCUT2D eigenvalue weighted by molar-refractivity contribution is 0.0697. The molecule has 2 aliphatic rings. The quantitative estimate of drug-likeness (QED) is 0.473. The number of nitrogens with zero attached hydrogens (tertiary/aromatic N) is 4. The number of pyridine rings is 1. The maximum atomic E-state index is 13.5. The smallest absolute Gasteiger partial charge is 0.252 e. The highest BCUT2D eigenvalue weighted by Crippen LogP contribution is 2.35. The maximum absolute atomic E-state index is 13.5. The van der Waals surface area contributed by atoms with Gasteiger partial charge in [-0.1, -0.05) is 31.5 Å². The highest BCUT2D eigenvalue weighted by Gasteiger charge is 2.26. The topological polar surface area (TPSA) is 72.3 Å². The Bertz CT molecular complexity index is 1160. The predicted molar refractivity (Wildman–Crippen MR) is 138 cm³/mol. The van der Waals surface area contributed by atoms with Crippen LogP contribution in [0.5, 0.6) is 0 Å². The molecule has 0 spiro atoms. The molecule has 1 N–H and O–H groups in total. The number of aromatic nitrogens is 3. The van der Waals surface area contributed by atoms with E-state index < -0.39 is 0 Å². The lowest BCUT2D eigenvalue weighted by Gasteiger charge is -2.26. The number of unbranched alkanes of at least 4 members (excludes halogenated alkanes) is 1. The summed E-state index contributed by atoms with van der Waals surface area (Å²) >= 11 is 0. The largest absolute Gasteiger partial charge is 0.381 e. The maximum Gasteiger partial charge on any atom is 0.252 e. The summed E-state index contributed by atoms with van der Waals surface area (Å²) in [6.07, 6.45) is 9.37. The molecule has 2 fully saturated rings. The second-order valence-electron chi connectivity index (χ2n) is 10.1. The van der Waals surface area contributed by atoms with Crippen molar-refractivity contribution in [1.29, 1.82) is 0 Å². The van der Waals surface area contributed by atoms with Crippen molar-refractivity contribution in [2.45, 2.75) is 70.5 Å². The Morgan fingerprint density at radius 2 is 2.03 bits per heavy atom. The fourth-order valence-electron chi connectivity index (χ4n) is 5.01. The number of hydrogen-bond donors (Lipinski definition) is 1. The van der Waals surface area contributed by atoms with E-state index in [2.05, 4.69) is 53.6 Å². The Hall–Kier alpha value is -2.77. The summed E-state index contributed by atoms with van der Waals surface area (Å²) in [5.41, 5.74) is 4.59. The van der Waals surface area contributed by atoms with Crippen LogP contribution in [0.1, 0.15) is 73.8 Å². The van der Waals surface area contributed by atoms with E-state index in [4.69, 9.17) is 9.72 Å². The number of benzene rings is 1. The fourth-order valence-corrected chi connectivity index (χ4v) is 5.01. The number of fused-ring (bicyclic) bond motifs is 1. The number of rotatable bonds is 9. The average Bonchev–Trinajstić information content (AvgIpc) is 3.25. The molecule has 1 saturated carbocycles. The van der Waals surface area contributed by atoms with Crippen molar-refractivity contribution in [3.8, 4) is 11.3 Å².